The van der Waals surface area contributed by atoms with E-state index in [0.29, 0.717) is 23.5 Å². The van der Waals surface area contributed by atoms with E-state index >= 15 is 0 Å². The standard InChI is InChI=1S/C18H24O6/c1-12(19)14-6-7-17(21-3)15(9-14)10-24-18(20)13(2)23-11-16-5-4-8-22-16/h6-7,9,13,16H,4-5,8,10-11H2,1-3H3. The molecule has 0 spiro atoms. The molecule has 0 amide bonds. The Bertz CT molecular complexity index is 577. The van der Waals surface area contributed by atoms with E-state index in [0.717, 1.165) is 19.4 Å². The number of methoxy groups -OCH3 is 1. The highest BCUT2D eigenvalue weighted by Crippen LogP contribution is 2.21. The number of hydrogen-bond donors (Lipinski definition) is 0. The lowest BCUT2D eigenvalue weighted by Gasteiger charge is -2.16. The van der Waals surface area contributed by atoms with Gasteiger partial charge in [-0.2, -0.15) is 0 Å². The quantitative estimate of drug-likeness (QED) is 0.537. The molecular weight excluding hydrogens is 312 g/mol. The minimum atomic E-state index is -0.670. The van der Waals surface area contributed by atoms with Gasteiger partial charge in [-0.05, 0) is 44.9 Å². The molecule has 1 aromatic rings. The molecule has 0 aromatic heterocycles. The summed E-state index contributed by atoms with van der Waals surface area (Å²) in [6.07, 6.45) is 1.37. The van der Waals surface area contributed by atoms with Gasteiger partial charge in [-0.3, -0.25) is 4.79 Å². The van der Waals surface area contributed by atoms with Crippen molar-refractivity contribution in [2.24, 2.45) is 0 Å². The van der Waals surface area contributed by atoms with Gasteiger partial charge in [0.15, 0.2) is 11.9 Å². The number of carbonyl (C=O) groups excluding carboxylic acids is 2. The largest absolute Gasteiger partial charge is 0.496 e. The number of ether oxygens (including phenoxy) is 4. The van der Waals surface area contributed by atoms with Crippen LogP contribution in [0.3, 0.4) is 0 Å². The number of rotatable bonds is 8. The highest BCUT2D eigenvalue weighted by Gasteiger charge is 2.21. The second-order valence-electron chi connectivity index (χ2n) is 5.80. The van der Waals surface area contributed by atoms with E-state index in [1.54, 1.807) is 25.1 Å². The van der Waals surface area contributed by atoms with E-state index in [9.17, 15) is 9.59 Å². The van der Waals surface area contributed by atoms with Crippen LogP contribution in [-0.2, 0) is 25.6 Å². The Kier molecular flexibility index (Phi) is 6.75. The van der Waals surface area contributed by atoms with Crippen LogP contribution < -0.4 is 4.74 Å². The monoisotopic (exact) mass is 336 g/mol. The second kappa shape index (κ2) is 8.80. The lowest BCUT2D eigenvalue weighted by Crippen LogP contribution is -2.27. The Morgan fingerprint density at radius 2 is 2.17 bits per heavy atom. The summed E-state index contributed by atoms with van der Waals surface area (Å²) in [5, 5.41) is 0. The van der Waals surface area contributed by atoms with Gasteiger partial charge in [0.1, 0.15) is 12.4 Å². The molecule has 0 N–H and O–H groups in total. The lowest BCUT2D eigenvalue weighted by molar-refractivity contribution is -0.159. The van der Waals surface area contributed by atoms with Crippen LogP contribution in [0.2, 0.25) is 0 Å². The maximum absolute atomic E-state index is 12.0. The Labute approximate surface area is 142 Å². The van der Waals surface area contributed by atoms with Gasteiger partial charge in [0.25, 0.3) is 0 Å². The van der Waals surface area contributed by atoms with Gasteiger partial charge < -0.3 is 18.9 Å². The molecule has 6 heteroatoms. The van der Waals surface area contributed by atoms with Gasteiger partial charge in [-0.1, -0.05) is 0 Å². The zero-order chi connectivity index (χ0) is 17.5. The van der Waals surface area contributed by atoms with E-state index in [1.807, 2.05) is 0 Å². The molecule has 0 saturated carbocycles. The van der Waals surface area contributed by atoms with Crippen molar-refractivity contribution in [3.8, 4) is 5.75 Å². The van der Waals surface area contributed by atoms with E-state index in [2.05, 4.69) is 0 Å². The summed E-state index contributed by atoms with van der Waals surface area (Å²) in [5.74, 6) is 0.0579. The maximum Gasteiger partial charge on any atom is 0.335 e. The molecule has 24 heavy (non-hydrogen) atoms. The zero-order valence-electron chi connectivity index (χ0n) is 14.4. The van der Waals surface area contributed by atoms with Crippen molar-refractivity contribution in [2.45, 2.75) is 45.5 Å². The minimum absolute atomic E-state index is 0.0246. The molecule has 1 fully saturated rings. The fourth-order valence-electron chi connectivity index (χ4n) is 2.47. The SMILES string of the molecule is COc1ccc(C(C)=O)cc1COC(=O)C(C)OCC1CCCO1. The lowest BCUT2D eigenvalue weighted by atomic mass is 10.1. The van der Waals surface area contributed by atoms with Crippen molar-refractivity contribution in [1.82, 2.24) is 0 Å². The fraction of sp³-hybridized carbons (Fsp3) is 0.556. The number of Topliss-reactive ketones (excluding diaryl/α,β-unsaturated/α-hetero) is 1. The smallest absolute Gasteiger partial charge is 0.335 e. The summed E-state index contributed by atoms with van der Waals surface area (Å²) in [6, 6.07) is 5.05. The third-order valence-electron chi connectivity index (χ3n) is 3.94. The molecule has 0 radical (unpaired) electrons. The molecule has 1 saturated heterocycles. The Morgan fingerprint density at radius 1 is 1.38 bits per heavy atom. The maximum atomic E-state index is 12.0. The van der Waals surface area contributed by atoms with Gasteiger partial charge >= 0.3 is 5.97 Å². The first kappa shape index (κ1) is 18.4. The first-order valence-electron chi connectivity index (χ1n) is 8.09. The summed E-state index contributed by atoms with van der Waals surface area (Å²) < 4.78 is 21.5. The molecular formula is C18H24O6. The molecule has 2 rings (SSSR count). The molecule has 2 unspecified atom stereocenters. The molecule has 1 aliphatic rings. The van der Waals surface area contributed by atoms with Crippen molar-refractivity contribution in [1.29, 1.82) is 0 Å². The summed E-state index contributed by atoms with van der Waals surface area (Å²) in [6.45, 7) is 4.30. The molecule has 2 atom stereocenters. The van der Waals surface area contributed by atoms with Crippen molar-refractivity contribution in [3.05, 3.63) is 29.3 Å². The molecule has 0 bridgehead atoms. The number of ketones is 1. The first-order valence-corrected chi connectivity index (χ1v) is 8.09. The van der Waals surface area contributed by atoms with Crippen LogP contribution in [0.5, 0.6) is 5.75 Å². The van der Waals surface area contributed by atoms with Crippen LogP contribution in [0.25, 0.3) is 0 Å². The molecule has 1 aliphatic heterocycles. The van der Waals surface area contributed by atoms with Gasteiger partial charge in [-0.15, -0.1) is 0 Å². The summed E-state index contributed by atoms with van der Waals surface area (Å²) in [7, 11) is 1.53. The molecule has 6 nitrogen and oxygen atoms in total. The molecule has 1 heterocycles. The normalized spacial score (nSPS) is 18.2. The average Bonchev–Trinajstić information content (AvgIpc) is 3.10. The van der Waals surface area contributed by atoms with Crippen LogP contribution in [0.15, 0.2) is 18.2 Å². The van der Waals surface area contributed by atoms with Crippen molar-refractivity contribution in [2.75, 3.05) is 20.3 Å². The molecule has 0 aliphatic carbocycles. The van der Waals surface area contributed by atoms with E-state index < -0.39 is 12.1 Å². The topological polar surface area (TPSA) is 71.1 Å². The summed E-state index contributed by atoms with van der Waals surface area (Å²) in [4.78, 5) is 23.5. The van der Waals surface area contributed by atoms with E-state index in [4.69, 9.17) is 18.9 Å². The van der Waals surface area contributed by atoms with Gasteiger partial charge in [0.05, 0.1) is 19.8 Å². The number of esters is 1. The van der Waals surface area contributed by atoms with E-state index in [1.165, 1.54) is 14.0 Å². The molecule has 1 aromatic carbocycles. The van der Waals surface area contributed by atoms with Crippen LogP contribution in [0.1, 0.15) is 42.6 Å². The predicted octanol–water partition coefficient (Wildman–Crippen LogP) is 2.53. The second-order valence-corrected chi connectivity index (χ2v) is 5.80. The van der Waals surface area contributed by atoms with Crippen molar-refractivity contribution >= 4 is 11.8 Å². The van der Waals surface area contributed by atoms with Crippen LogP contribution in [0, 0.1) is 0 Å². The first-order chi connectivity index (χ1) is 11.5. The average molecular weight is 336 g/mol. The fourth-order valence-corrected chi connectivity index (χ4v) is 2.47. The minimum Gasteiger partial charge on any atom is -0.496 e. The van der Waals surface area contributed by atoms with Gasteiger partial charge in [-0.25, -0.2) is 4.79 Å². The van der Waals surface area contributed by atoms with Crippen molar-refractivity contribution in [3.63, 3.8) is 0 Å². The van der Waals surface area contributed by atoms with E-state index in [-0.39, 0.29) is 18.5 Å². The Hall–Kier alpha value is -1.92. The number of carbonyl (C=O) groups is 2. The third kappa shape index (κ3) is 5.04. The highest BCUT2D eigenvalue weighted by molar-refractivity contribution is 5.94. The third-order valence-corrected chi connectivity index (χ3v) is 3.94. The Balaban J connectivity index is 1.87. The number of hydrogen-bond acceptors (Lipinski definition) is 6. The van der Waals surface area contributed by atoms with Crippen LogP contribution in [-0.4, -0.2) is 44.3 Å². The summed E-state index contributed by atoms with van der Waals surface area (Å²) in [5.41, 5.74) is 1.19. The zero-order valence-corrected chi connectivity index (χ0v) is 14.4. The van der Waals surface area contributed by atoms with Gasteiger partial charge in [0, 0.05) is 17.7 Å². The Morgan fingerprint density at radius 3 is 2.79 bits per heavy atom. The number of benzene rings is 1. The van der Waals surface area contributed by atoms with Gasteiger partial charge in [0.2, 0.25) is 0 Å². The predicted molar refractivity (Wildman–Crippen MR) is 87.2 cm³/mol. The van der Waals surface area contributed by atoms with Crippen LogP contribution >= 0.6 is 0 Å². The molecule has 132 valence electrons. The van der Waals surface area contributed by atoms with Crippen LogP contribution in [0.4, 0.5) is 0 Å². The van der Waals surface area contributed by atoms with Crippen molar-refractivity contribution < 1.29 is 28.5 Å². The summed E-state index contributed by atoms with van der Waals surface area (Å²) >= 11 is 0. The highest BCUT2D eigenvalue weighted by atomic mass is 16.6.